The van der Waals surface area contributed by atoms with Gasteiger partial charge >= 0.3 is 11.8 Å². The molecule has 0 saturated heterocycles. The largest absolute Gasteiger partial charge is 0.454 e. The quantitative estimate of drug-likeness (QED) is 0.369. The average Bonchev–Trinajstić information content (AvgIpc) is 3.44. The minimum Gasteiger partial charge on any atom is -0.454 e. The van der Waals surface area contributed by atoms with Gasteiger partial charge in [-0.1, -0.05) is 29.3 Å². The lowest BCUT2D eigenvalue weighted by molar-refractivity contribution is -0.133. The molecule has 2 heterocycles. The third-order valence-corrected chi connectivity index (χ3v) is 5.59. The van der Waals surface area contributed by atoms with Crippen LogP contribution in [0.3, 0.4) is 0 Å². The molecule has 3 amide bonds. The Morgan fingerprint density at radius 2 is 1.57 bits per heavy atom. The highest BCUT2D eigenvalue weighted by molar-refractivity contribution is 6.42. The molecular formula is C25H19ClN4O5. The van der Waals surface area contributed by atoms with E-state index in [1.165, 1.54) is 4.68 Å². The number of halogens is 1. The smallest absolute Gasteiger partial charge is 0.328 e. The minimum absolute atomic E-state index is 0.0887. The number of anilines is 2. The van der Waals surface area contributed by atoms with Gasteiger partial charge in [-0.05, 0) is 55.5 Å². The van der Waals surface area contributed by atoms with Gasteiger partial charge in [-0.25, -0.2) is 4.68 Å². The summed E-state index contributed by atoms with van der Waals surface area (Å²) in [4.78, 5) is 38.5. The van der Waals surface area contributed by atoms with Crippen molar-refractivity contribution in [2.45, 2.75) is 6.92 Å². The SMILES string of the molecule is Cc1ccc(NC(=O)c2cc3cc(Cl)ccc3n2NC(=O)C(=O)Nc2ccc3c(c2)OCO3)cc1. The number of benzene rings is 3. The molecule has 1 aliphatic rings. The molecule has 10 heteroatoms. The first kappa shape index (κ1) is 22.3. The normalized spacial score (nSPS) is 11.8. The van der Waals surface area contributed by atoms with Crippen LogP contribution in [-0.2, 0) is 9.59 Å². The summed E-state index contributed by atoms with van der Waals surface area (Å²) in [6, 6.07) is 18.6. The van der Waals surface area contributed by atoms with Crippen molar-refractivity contribution < 1.29 is 23.9 Å². The standard InChI is InChI=1S/C25H19ClN4O5/c1-14-2-5-17(6-3-14)27-23(31)20-11-15-10-16(26)4-8-19(15)30(20)29-25(33)24(32)28-18-7-9-21-22(12-18)35-13-34-21/h2-12H,13H2,1H3,(H,27,31)(H,28,32)(H,29,33). The van der Waals surface area contributed by atoms with E-state index in [1.54, 1.807) is 54.6 Å². The van der Waals surface area contributed by atoms with Crippen LogP contribution in [0.1, 0.15) is 16.1 Å². The highest BCUT2D eigenvalue weighted by atomic mass is 35.5. The van der Waals surface area contributed by atoms with Crippen LogP contribution < -0.4 is 25.5 Å². The fourth-order valence-corrected chi connectivity index (χ4v) is 3.80. The first-order chi connectivity index (χ1) is 16.9. The number of fused-ring (bicyclic) bond motifs is 2. The highest BCUT2D eigenvalue weighted by Gasteiger charge is 2.22. The fourth-order valence-electron chi connectivity index (χ4n) is 3.62. The van der Waals surface area contributed by atoms with Crippen molar-refractivity contribution in [3.8, 4) is 11.5 Å². The van der Waals surface area contributed by atoms with E-state index in [0.717, 1.165) is 5.56 Å². The van der Waals surface area contributed by atoms with Crippen LogP contribution in [0.4, 0.5) is 11.4 Å². The molecule has 5 rings (SSSR count). The van der Waals surface area contributed by atoms with E-state index in [-0.39, 0.29) is 12.5 Å². The number of hydrogen-bond acceptors (Lipinski definition) is 5. The summed E-state index contributed by atoms with van der Waals surface area (Å²) in [5.74, 6) is -1.36. The molecule has 0 aliphatic carbocycles. The molecule has 0 saturated carbocycles. The van der Waals surface area contributed by atoms with Gasteiger partial charge in [0.1, 0.15) is 5.69 Å². The van der Waals surface area contributed by atoms with Gasteiger partial charge in [-0.3, -0.25) is 19.8 Å². The minimum atomic E-state index is -0.973. The van der Waals surface area contributed by atoms with Crippen molar-refractivity contribution in [2.75, 3.05) is 22.9 Å². The van der Waals surface area contributed by atoms with E-state index in [2.05, 4.69) is 16.1 Å². The van der Waals surface area contributed by atoms with E-state index >= 15 is 0 Å². The number of carbonyl (C=O) groups is 3. The number of aromatic nitrogens is 1. The van der Waals surface area contributed by atoms with E-state index in [4.69, 9.17) is 21.1 Å². The summed E-state index contributed by atoms with van der Waals surface area (Å²) in [6.45, 7) is 2.03. The third-order valence-electron chi connectivity index (χ3n) is 5.36. The van der Waals surface area contributed by atoms with Crippen LogP contribution >= 0.6 is 11.6 Å². The van der Waals surface area contributed by atoms with Crippen LogP contribution in [0.15, 0.2) is 66.7 Å². The number of hydrogen-bond donors (Lipinski definition) is 3. The van der Waals surface area contributed by atoms with Gasteiger partial charge in [0.05, 0.1) is 5.52 Å². The zero-order chi connectivity index (χ0) is 24.5. The molecule has 3 N–H and O–H groups in total. The molecule has 1 aromatic heterocycles. The lowest BCUT2D eigenvalue weighted by Crippen LogP contribution is -2.36. The van der Waals surface area contributed by atoms with Crippen molar-refractivity contribution in [1.29, 1.82) is 0 Å². The maximum absolute atomic E-state index is 13.1. The van der Waals surface area contributed by atoms with Crippen LogP contribution in [0.25, 0.3) is 10.9 Å². The Balaban J connectivity index is 1.40. The molecule has 9 nitrogen and oxygen atoms in total. The van der Waals surface area contributed by atoms with Crippen molar-refractivity contribution in [1.82, 2.24) is 4.68 Å². The number of nitrogens with one attached hydrogen (secondary N) is 3. The Kier molecular flexibility index (Phi) is 5.76. The van der Waals surface area contributed by atoms with Crippen LogP contribution in [0.5, 0.6) is 11.5 Å². The Morgan fingerprint density at radius 3 is 2.37 bits per heavy atom. The fraction of sp³-hybridized carbons (Fsp3) is 0.0800. The van der Waals surface area contributed by atoms with E-state index in [9.17, 15) is 14.4 Å². The second-order valence-corrected chi connectivity index (χ2v) is 8.29. The second-order valence-electron chi connectivity index (χ2n) is 7.85. The van der Waals surface area contributed by atoms with E-state index in [1.807, 2.05) is 19.1 Å². The highest BCUT2D eigenvalue weighted by Crippen LogP contribution is 2.34. The molecule has 1 aliphatic heterocycles. The van der Waals surface area contributed by atoms with Crippen LogP contribution in [0.2, 0.25) is 5.02 Å². The summed E-state index contributed by atoms with van der Waals surface area (Å²) in [5.41, 5.74) is 5.11. The summed E-state index contributed by atoms with van der Waals surface area (Å²) in [5, 5.41) is 6.39. The van der Waals surface area contributed by atoms with Gasteiger partial charge in [-0.2, -0.15) is 0 Å². The first-order valence-corrected chi connectivity index (χ1v) is 11.0. The molecule has 35 heavy (non-hydrogen) atoms. The van der Waals surface area contributed by atoms with Gasteiger partial charge < -0.3 is 20.1 Å². The van der Waals surface area contributed by atoms with Gasteiger partial charge in [0, 0.05) is 27.8 Å². The van der Waals surface area contributed by atoms with Gasteiger partial charge in [-0.15, -0.1) is 0 Å². The average molecular weight is 491 g/mol. The number of amides is 3. The van der Waals surface area contributed by atoms with Crippen LogP contribution in [-0.4, -0.2) is 29.2 Å². The number of aryl methyl sites for hydroxylation is 1. The van der Waals surface area contributed by atoms with E-state index < -0.39 is 17.7 Å². The molecule has 0 radical (unpaired) electrons. The molecule has 176 valence electrons. The topological polar surface area (TPSA) is 111 Å². The first-order valence-electron chi connectivity index (χ1n) is 10.6. The lowest BCUT2D eigenvalue weighted by Gasteiger charge is -2.13. The third kappa shape index (κ3) is 4.62. The van der Waals surface area contributed by atoms with Crippen molar-refractivity contribution >= 4 is 51.6 Å². The van der Waals surface area contributed by atoms with Gasteiger partial charge in [0.25, 0.3) is 5.91 Å². The van der Waals surface area contributed by atoms with Crippen molar-refractivity contribution in [2.24, 2.45) is 0 Å². The molecule has 3 aromatic carbocycles. The molecular weight excluding hydrogens is 472 g/mol. The Labute approximate surface area is 204 Å². The monoisotopic (exact) mass is 490 g/mol. The zero-order valence-electron chi connectivity index (χ0n) is 18.4. The predicted octanol–water partition coefficient (Wildman–Crippen LogP) is 4.29. The van der Waals surface area contributed by atoms with Crippen LogP contribution in [0, 0.1) is 6.92 Å². The predicted molar refractivity (Wildman–Crippen MR) is 132 cm³/mol. The molecule has 0 bridgehead atoms. The second kappa shape index (κ2) is 9.03. The summed E-state index contributed by atoms with van der Waals surface area (Å²) >= 11 is 6.11. The Morgan fingerprint density at radius 1 is 0.829 bits per heavy atom. The maximum atomic E-state index is 13.1. The summed E-state index contributed by atoms with van der Waals surface area (Å²) in [7, 11) is 0. The Bertz CT molecular complexity index is 1480. The van der Waals surface area contributed by atoms with E-state index in [0.29, 0.717) is 38.8 Å². The Hall–Kier alpha value is -4.50. The molecule has 4 aromatic rings. The number of carbonyl (C=O) groups excluding carboxylic acids is 3. The summed E-state index contributed by atoms with van der Waals surface area (Å²) in [6.07, 6.45) is 0. The lowest BCUT2D eigenvalue weighted by atomic mass is 10.2. The molecule has 0 spiro atoms. The molecule has 0 unspecified atom stereocenters. The zero-order valence-corrected chi connectivity index (χ0v) is 19.2. The molecule has 0 fully saturated rings. The number of rotatable bonds is 4. The maximum Gasteiger partial charge on any atom is 0.328 e. The van der Waals surface area contributed by atoms with Gasteiger partial charge in [0.2, 0.25) is 6.79 Å². The number of nitrogens with zero attached hydrogens (tertiary/aromatic N) is 1. The summed E-state index contributed by atoms with van der Waals surface area (Å²) < 4.78 is 11.8. The molecule has 0 atom stereocenters. The number of ether oxygens (including phenoxy) is 2. The van der Waals surface area contributed by atoms with Crippen molar-refractivity contribution in [3.63, 3.8) is 0 Å². The van der Waals surface area contributed by atoms with Gasteiger partial charge in [0.15, 0.2) is 11.5 Å². The van der Waals surface area contributed by atoms with Crippen molar-refractivity contribution in [3.05, 3.63) is 83.0 Å².